The van der Waals surface area contributed by atoms with Gasteiger partial charge in [0.2, 0.25) is 0 Å². The number of rotatable bonds is 3. The second-order valence-electron chi connectivity index (χ2n) is 3.84. The predicted molar refractivity (Wildman–Crippen MR) is 60.9 cm³/mol. The Labute approximate surface area is 93.5 Å². The van der Waals surface area contributed by atoms with Crippen LogP contribution < -0.4 is 0 Å². The normalized spacial score (nSPS) is 10.9. The van der Waals surface area contributed by atoms with Crippen LogP contribution in [0.2, 0.25) is 0 Å². The quantitative estimate of drug-likeness (QED) is 0.859. The zero-order valence-electron chi connectivity index (χ0n) is 9.40. The van der Waals surface area contributed by atoms with Crippen LogP contribution >= 0.6 is 0 Å². The molecule has 2 aromatic rings. The number of hydrogen-bond donors (Lipinski definition) is 1. The molecule has 4 heteroatoms. The highest BCUT2D eigenvalue weighted by Crippen LogP contribution is 2.15. The van der Waals surface area contributed by atoms with Crippen LogP contribution in [-0.2, 0) is 6.42 Å². The Kier molecular flexibility index (Phi) is 2.64. The van der Waals surface area contributed by atoms with Gasteiger partial charge in [-0.2, -0.15) is 0 Å². The summed E-state index contributed by atoms with van der Waals surface area (Å²) >= 11 is 0. The summed E-state index contributed by atoms with van der Waals surface area (Å²) in [5.41, 5.74) is 2.22. The number of aryl methyl sites for hydroxylation is 2. The van der Waals surface area contributed by atoms with E-state index in [-0.39, 0.29) is 0 Å². The Bertz CT molecular complexity index is 543. The summed E-state index contributed by atoms with van der Waals surface area (Å²) in [6.45, 7) is 4.02. The van der Waals surface area contributed by atoms with Crippen molar-refractivity contribution in [3.05, 3.63) is 35.4 Å². The number of aromatic carboxylic acids is 1. The van der Waals surface area contributed by atoms with E-state index in [1.54, 1.807) is 12.3 Å². The summed E-state index contributed by atoms with van der Waals surface area (Å²) in [4.78, 5) is 15.3. The van der Waals surface area contributed by atoms with Crippen molar-refractivity contribution in [1.29, 1.82) is 0 Å². The van der Waals surface area contributed by atoms with Crippen LogP contribution in [0, 0.1) is 6.92 Å². The maximum atomic E-state index is 10.9. The Morgan fingerprint density at radius 3 is 2.88 bits per heavy atom. The van der Waals surface area contributed by atoms with E-state index in [0.29, 0.717) is 5.56 Å². The minimum absolute atomic E-state index is 0.294. The first-order valence-corrected chi connectivity index (χ1v) is 5.34. The number of carboxylic acid groups (broad SMARTS) is 1. The number of carboxylic acids is 1. The van der Waals surface area contributed by atoms with Gasteiger partial charge in [-0.3, -0.25) is 0 Å². The molecule has 0 amide bonds. The second-order valence-corrected chi connectivity index (χ2v) is 3.84. The molecular formula is C12H14N2O2. The predicted octanol–water partition coefficient (Wildman–Crippen LogP) is 2.29. The number of nitrogens with zero attached hydrogens (tertiary/aromatic N) is 2. The monoisotopic (exact) mass is 218 g/mol. The number of pyridine rings is 1. The highest BCUT2D eigenvalue weighted by Gasteiger charge is 2.10. The van der Waals surface area contributed by atoms with Crippen molar-refractivity contribution < 1.29 is 9.90 Å². The summed E-state index contributed by atoms with van der Waals surface area (Å²) in [5, 5.41) is 8.94. The van der Waals surface area contributed by atoms with E-state index >= 15 is 0 Å². The maximum Gasteiger partial charge on any atom is 0.337 e. The molecule has 16 heavy (non-hydrogen) atoms. The van der Waals surface area contributed by atoms with Crippen LogP contribution in [0.4, 0.5) is 0 Å². The van der Waals surface area contributed by atoms with Gasteiger partial charge in [-0.1, -0.05) is 6.92 Å². The summed E-state index contributed by atoms with van der Waals surface area (Å²) in [6.07, 6.45) is 3.50. The molecule has 84 valence electrons. The highest BCUT2D eigenvalue weighted by molar-refractivity contribution is 5.87. The smallest absolute Gasteiger partial charge is 0.337 e. The van der Waals surface area contributed by atoms with E-state index in [2.05, 4.69) is 11.9 Å². The molecule has 0 unspecified atom stereocenters. The topological polar surface area (TPSA) is 54.6 Å². The van der Waals surface area contributed by atoms with Crippen molar-refractivity contribution in [3.63, 3.8) is 0 Å². The van der Waals surface area contributed by atoms with Crippen LogP contribution in [0.1, 0.15) is 35.2 Å². The van der Waals surface area contributed by atoms with Gasteiger partial charge in [0.15, 0.2) is 0 Å². The van der Waals surface area contributed by atoms with Crippen LogP contribution in [0.25, 0.3) is 5.52 Å². The molecule has 0 aliphatic rings. The lowest BCUT2D eigenvalue weighted by Crippen LogP contribution is -2.01. The van der Waals surface area contributed by atoms with Gasteiger partial charge in [0, 0.05) is 12.6 Å². The molecule has 0 saturated heterocycles. The number of fused-ring (bicyclic) bond motifs is 1. The third kappa shape index (κ3) is 1.66. The molecule has 1 N–H and O–H groups in total. The number of aromatic nitrogens is 2. The molecule has 0 fully saturated rings. The molecule has 2 heterocycles. The summed E-state index contributed by atoms with van der Waals surface area (Å²) < 4.78 is 1.88. The van der Waals surface area contributed by atoms with Gasteiger partial charge in [-0.05, 0) is 25.5 Å². The lowest BCUT2D eigenvalue weighted by molar-refractivity contribution is 0.0696. The van der Waals surface area contributed by atoms with Crippen molar-refractivity contribution >= 4 is 11.5 Å². The fraction of sp³-hybridized carbons (Fsp3) is 0.333. The van der Waals surface area contributed by atoms with Gasteiger partial charge in [0.05, 0.1) is 16.8 Å². The Balaban J connectivity index is 2.64. The Morgan fingerprint density at radius 2 is 2.25 bits per heavy atom. The highest BCUT2D eigenvalue weighted by atomic mass is 16.4. The van der Waals surface area contributed by atoms with Crippen LogP contribution in [0.5, 0.6) is 0 Å². The third-order valence-electron chi connectivity index (χ3n) is 2.61. The molecule has 0 radical (unpaired) electrons. The van der Waals surface area contributed by atoms with Gasteiger partial charge >= 0.3 is 5.97 Å². The second kappa shape index (κ2) is 3.96. The zero-order valence-corrected chi connectivity index (χ0v) is 9.40. The van der Waals surface area contributed by atoms with Crippen LogP contribution in [-0.4, -0.2) is 20.5 Å². The minimum Gasteiger partial charge on any atom is -0.478 e. The van der Waals surface area contributed by atoms with E-state index in [0.717, 1.165) is 29.9 Å². The fourth-order valence-electron chi connectivity index (χ4n) is 1.84. The van der Waals surface area contributed by atoms with Gasteiger partial charge < -0.3 is 9.51 Å². The summed E-state index contributed by atoms with van der Waals surface area (Å²) in [6, 6.07) is 3.42. The molecule has 4 nitrogen and oxygen atoms in total. The molecule has 0 aliphatic carbocycles. The van der Waals surface area contributed by atoms with Crippen molar-refractivity contribution in [1.82, 2.24) is 9.38 Å². The van der Waals surface area contributed by atoms with E-state index in [4.69, 9.17) is 5.11 Å². The largest absolute Gasteiger partial charge is 0.478 e. The summed E-state index contributed by atoms with van der Waals surface area (Å²) in [7, 11) is 0. The Morgan fingerprint density at radius 1 is 1.50 bits per heavy atom. The summed E-state index contributed by atoms with van der Waals surface area (Å²) in [5.74, 6) is 0.0220. The van der Waals surface area contributed by atoms with Gasteiger partial charge in [0.25, 0.3) is 0 Å². The van der Waals surface area contributed by atoms with Gasteiger partial charge in [-0.15, -0.1) is 0 Å². The molecular weight excluding hydrogens is 204 g/mol. The first-order valence-electron chi connectivity index (χ1n) is 5.34. The van der Waals surface area contributed by atoms with E-state index in [1.807, 2.05) is 17.4 Å². The zero-order chi connectivity index (χ0) is 11.7. The minimum atomic E-state index is -0.907. The lowest BCUT2D eigenvalue weighted by Gasteiger charge is -2.01. The average Bonchev–Trinajstić information content (AvgIpc) is 2.56. The van der Waals surface area contributed by atoms with Crippen LogP contribution in [0.15, 0.2) is 18.3 Å². The first kappa shape index (κ1) is 10.7. The molecule has 0 saturated carbocycles. The standard InChI is InChI=1S/C12H14N2O2/c1-3-4-11-13-8(2)10-6-5-9(12(15)16)7-14(10)11/h5-7H,3-4H2,1-2H3,(H,15,16). The number of imidazole rings is 1. The maximum absolute atomic E-state index is 10.9. The lowest BCUT2D eigenvalue weighted by atomic mass is 10.2. The first-order chi connectivity index (χ1) is 7.63. The molecule has 0 spiro atoms. The molecule has 2 aromatic heterocycles. The van der Waals surface area contributed by atoms with Crippen molar-refractivity contribution in [2.75, 3.05) is 0 Å². The van der Waals surface area contributed by atoms with Crippen molar-refractivity contribution in [3.8, 4) is 0 Å². The van der Waals surface area contributed by atoms with Gasteiger partial charge in [0.1, 0.15) is 5.82 Å². The fourth-order valence-corrected chi connectivity index (χ4v) is 1.84. The molecule has 0 aliphatic heterocycles. The molecule has 0 aromatic carbocycles. The number of carbonyl (C=O) groups is 1. The van der Waals surface area contributed by atoms with E-state index in [1.165, 1.54) is 0 Å². The van der Waals surface area contributed by atoms with E-state index < -0.39 is 5.97 Å². The van der Waals surface area contributed by atoms with Crippen LogP contribution in [0.3, 0.4) is 0 Å². The average molecular weight is 218 g/mol. The molecule has 0 bridgehead atoms. The van der Waals surface area contributed by atoms with Crippen molar-refractivity contribution in [2.24, 2.45) is 0 Å². The van der Waals surface area contributed by atoms with Gasteiger partial charge in [-0.25, -0.2) is 9.78 Å². The Hall–Kier alpha value is -1.84. The molecule has 0 atom stereocenters. The number of hydrogen-bond acceptors (Lipinski definition) is 2. The third-order valence-corrected chi connectivity index (χ3v) is 2.61. The SMILES string of the molecule is CCCc1nc(C)c2ccc(C(=O)O)cn12. The van der Waals surface area contributed by atoms with Crippen molar-refractivity contribution in [2.45, 2.75) is 26.7 Å². The molecule has 2 rings (SSSR count). The van der Waals surface area contributed by atoms with E-state index in [9.17, 15) is 4.79 Å².